The number of benzene rings is 2. The number of halogens is 1. The molecule has 3 aromatic rings. The maximum Gasteiger partial charge on any atom is 0.329 e. The number of nitrogens with zero attached hydrogens (tertiary/aromatic N) is 2. The molecule has 0 aliphatic heterocycles. The summed E-state index contributed by atoms with van der Waals surface area (Å²) in [4.78, 5) is 32.7. The number of hydrogen-bond acceptors (Lipinski definition) is 6. The van der Waals surface area contributed by atoms with Gasteiger partial charge in [0.25, 0.3) is 5.91 Å². The first-order valence-corrected chi connectivity index (χ1v) is 15.0. The number of ether oxygens (including phenoxy) is 1. The van der Waals surface area contributed by atoms with Crippen molar-refractivity contribution in [2.45, 2.75) is 64.0 Å². The molecular formula is C33H40ClN3O5. The summed E-state index contributed by atoms with van der Waals surface area (Å²) in [6, 6.07) is 17.0. The largest absolute Gasteiger partial charge is 0.492 e. The van der Waals surface area contributed by atoms with Crippen molar-refractivity contribution in [1.29, 1.82) is 0 Å². The summed E-state index contributed by atoms with van der Waals surface area (Å²) >= 11 is 6.51. The number of nitrogens with one attached hydrogen (secondary N) is 1. The predicted molar refractivity (Wildman–Crippen MR) is 165 cm³/mol. The van der Waals surface area contributed by atoms with Gasteiger partial charge in [-0.1, -0.05) is 55.8 Å². The van der Waals surface area contributed by atoms with Gasteiger partial charge in [0.2, 0.25) is 0 Å². The number of carboxylic acid groups (broad SMARTS) is 1. The predicted octanol–water partition coefficient (Wildman–Crippen LogP) is 5.84. The molecule has 8 nitrogen and oxygen atoms in total. The van der Waals surface area contributed by atoms with E-state index in [2.05, 4.69) is 37.2 Å². The number of hydrogen-bond donors (Lipinski definition) is 3. The highest BCUT2D eigenvalue weighted by atomic mass is 35.5. The standard InChI is InChI=1S/C33H40ClN3O5/c1-4-22-9-6-7-10-25(22)26-12-14-28(31(39)36-33(32(40)41)17-15-24(38)16-18-33)35-30(26)23-11-13-27(34)29(21-23)42-20-8-19-37(3)5-2/h6-7,9-14,21,24,38H,4-5,8,15-20H2,1-3H3,(H,36,39)(H,40,41). The number of aliphatic carboxylic acids is 1. The van der Waals surface area contributed by atoms with E-state index >= 15 is 0 Å². The number of carboxylic acids is 1. The van der Waals surface area contributed by atoms with Gasteiger partial charge in [0.15, 0.2) is 0 Å². The number of aliphatic hydroxyl groups excluding tert-OH is 1. The van der Waals surface area contributed by atoms with Gasteiger partial charge >= 0.3 is 5.97 Å². The van der Waals surface area contributed by atoms with Crippen LogP contribution in [0.3, 0.4) is 0 Å². The minimum absolute atomic E-state index is 0.106. The van der Waals surface area contributed by atoms with Crippen molar-refractivity contribution in [3.8, 4) is 28.1 Å². The van der Waals surface area contributed by atoms with Gasteiger partial charge in [0.05, 0.1) is 23.4 Å². The van der Waals surface area contributed by atoms with Crippen LogP contribution in [0.4, 0.5) is 0 Å². The summed E-state index contributed by atoms with van der Waals surface area (Å²) in [7, 11) is 2.06. The Labute approximate surface area is 252 Å². The van der Waals surface area contributed by atoms with Crippen molar-refractivity contribution in [3.05, 3.63) is 70.9 Å². The molecule has 0 bridgehead atoms. The molecule has 1 heterocycles. The van der Waals surface area contributed by atoms with Gasteiger partial charge in [-0.25, -0.2) is 9.78 Å². The van der Waals surface area contributed by atoms with Crippen LogP contribution < -0.4 is 10.1 Å². The zero-order valence-corrected chi connectivity index (χ0v) is 25.3. The van der Waals surface area contributed by atoms with Crippen molar-refractivity contribution in [1.82, 2.24) is 15.2 Å². The highest BCUT2D eigenvalue weighted by molar-refractivity contribution is 6.32. The van der Waals surface area contributed by atoms with Crippen LogP contribution in [-0.4, -0.2) is 70.4 Å². The first kappa shape index (κ1) is 31.5. The Morgan fingerprint density at radius 3 is 2.52 bits per heavy atom. The van der Waals surface area contributed by atoms with Crippen LogP contribution in [0.1, 0.15) is 62.0 Å². The van der Waals surface area contributed by atoms with E-state index in [9.17, 15) is 19.8 Å². The second kappa shape index (κ2) is 14.1. The Morgan fingerprint density at radius 2 is 1.83 bits per heavy atom. The summed E-state index contributed by atoms with van der Waals surface area (Å²) in [6.07, 6.45) is 2.00. The molecule has 0 spiro atoms. The summed E-state index contributed by atoms with van der Waals surface area (Å²) in [6.45, 7) is 6.56. The SMILES string of the molecule is CCc1ccccc1-c1ccc(C(=O)NC2(C(=O)O)CCC(O)CC2)nc1-c1ccc(Cl)c(OCCCN(C)CC)c1. The lowest BCUT2D eigenvalue weighted by molar-refractivity contribution is -0.146. The van der Waals surface area contributed by atoms with Crippen molar-refractivity contribution in [2.75, 3.05) is 26.7 Å². The fraction of sp³-hybridized carbons (Fsp3) is 0.424. The average Bonchev–Trinajstić information content (AvgIpc) is 3.00. The average molecular weight is 594 g/mol. The molecule has 0 saturated heterocycles. The second-order valence-electron chi connectivity index (χ2n) is 10.9. The van der Waals surface area contributed by atoms with Crippen LogP contribution in [0.25, 0.3) is 22.4 Å². The number of aromatic nitrogens is 1. The summed E-state index contributed by atoms with van der Waals surface area (Å²) in [5.41, 5.74) is 2.93. The Kier molecular flexibility index (Phi) is 10.6. The fourth-order valence-electron chi connectivity index (χ4n) is 5.32. The first-order chi connectivity index (χ1) is 20.2. The van der Waals surface area contributed by atoms with Crippen molar-refractivity contribution >= 4 is 23.5 Å². The lowest BCUT2D eigenvalue weighted by Gasteiger charge is -2.35. The van der Waals surface area contributed by atoms with E-state index in [0.29, 0.717) is 35.9 Å². The van der Waals surface area contributed by atoms with Crippen molar-refractivity contribution in [2.24, 2.45) is 0 Å². The molecule has 0 radical (unpaired) electrons. The smallest absolute Gasteiger partial charge is 0.329 e. The number of aliphatic hydroxyl groups is 1. The highest BCUT2D eigenvalue weighted by Crippen LogP contribution is 2.37. The lowest BCUT2D eigenvalue weighted by atomic mass is 9.80. The summed E-state index contributed by atoms with van der Waals surface area (Å²) in [5.74, 6) is -1.15. The zero-order valence-electron chi connectivity index (χ0n) is 24.5. The zero-order chi connectivity index (χ0) is 30.3. The minimum atomic E-state index is -1.45. The van der Waals surface area contributed by atoms with Crippen LogP contribution in [0.2, 0.25) is 5.02 Å². The Hall–Kier alpha value is -3.46. The molecule has 2 aromatic carbocycles. The molecule has 0 unspecified atom stereocenters. The minimum Gasteiger partial charge on any atom is -0.492 e. The molecule has 1 saturated carbocycles. The number of carbonyl (C=O) groups excluding carboxylic acids is 1. The van der Waals surface area contributed by atoms with E-state index in [0.717, 1.165) is 48.2 Å². The molecule has 0 atom stereocenters. The van der Waals surface area contributed by atoms with Gasteiger partial charge in [0.1, 0.15) is 17.0 Å². The molecule has 3 N–H and O–H groups in total. The summed E-state index contributed by atoms with van der Waals surface area (Å²) in [5, 5.41) is 23.1. The van der Waals surface area contributed by atoms with E-state index in [-0.39, 0.29) is 18.5 Å². The molecule has 1 aromatic heterocycles. The van der Waals surface area contributed by atoms with Gasteiger partial charge in [-0.05, 0) is 87.5 Å². The quantitative estimate of drug-likeness (QED) is 0.226. The van der Waals surface area contributed by atoms with Gasteiger partial charge in [-0.2, -0.15) is 0 Å². The first-order valence-electron chi connectivity index (χ1n) is 14.6. The van der Waals surface area contributed by atoms with Crippen LogP contribution in [0, 0.1) is 0 Å². The van der Waals surface area contributed by atoms with Crippen LogP contribution in [0.5, 0.6) is 5.75 Å². The highest BCUT2D eigenvalue weighted by Gasteiger charge is 2.43. The van der Waals surface area contributed by atoms with Crippen LogP contribution in [0.15, 0.2) is 54.6 Å². The number of rotatable bonds is 12. The molecule has 4 rings (SSSR count). The summed E-state index contributed by atoms with van der Waals surface area (Å²) < 4.78 is 6.06. The topological polar surface area (TPSA) is 112 Å². The van der Waals surface area contributed by atoms with Gasteiger partial charge in [0, 0.05) is 17.7 Å². The molecule has 1 fully saturated rings. The Bertz CT molecular complexity index is 1400. The molecule has 42 heavy (non-hydrogen) atoms. The monoisotopic (exact) mass is 593 g/mol. The second-order valence-corrected chi connectivity index (χ2v) is 11.3. The fourth-order valence-corrected chi connectivity index (χ4v) is 5.49. The van der Waals surface area contributed by atoms with Crippen LogP contribution >= 0.6 is 11.6 Å². The third kappa shape index (κ3) is 7.30. The third-order valence-electron chi connectivity index (χ3n) is 8.07. The maximum atomic E-state index is 13.5. The molecule has 1 aliphatic rings. The molecular weight excluding hydrogens is 554 g/mol. The lowest BCUT2D eigenvalue weighted by Crippen LogP contribution is -2.57. The van der Waals surface area contributed by atoms with Crippen molar-refractivity contribution < 1.29 is 24.5 Å². The van der Waals surface area contributed by atoms with E-state index in [4.69, 9.17) is 21.3 Å². The molecule has 1 aliphatic carbocycles. The van der Waals surface area contributed by atoms with E-state index in [1.807, 2.05) is 36.4 Å². The number of carbonyl (C=O) groups is 2. The van der Waals surface area contributed by atoms with Gasteiger partial charge in [-0.15, -0.1) is 0 Å². The van der Waals surface area contributed by atoms with E-state index in [1.165, 1.54) is 0 Å². The van der Waals surface area contributed by atoms with Gasteiger partial charge < -0.3 is 25.2 Å². The molecule has 9 heteroatoms. The molecule has 224 valence electrons. The van der Waals surface area contributed by atoms with Crippen molar-refractivity contribution in [3.63, 3.8) is 0 Å². The van der Waals surface area contributed by atoms with Crippen LogP contribution in [-0.2, 0) is 11.2 Å². The number of aryl methyl sites for hydroxylation is 1. The number of amides is 1. The Balaban J connectivity index is 1.72. The maximum absolute atomic E-state index is 13.5. The third-order valence-corrected chi connectivity index (χ3v) is 8.39. The normalized spacial score (nSPS) is 18.6. The molecule has 1 amide bonds. The van der Waals surface area contributed by atoms with E-state index in [1.54, 1.807) is 12.1 Å². The van der Waals surface area contributed by atoms with Gasteiger partial charge in [-0.3, -0.25) is 4.79 Å². The number of pyridine rings is 1. The Morgan fingerprint density at radius 1 is 1.10 bits per heavy atom. The van der Waals surface area contributed by atoms with E-state index < -0.39 is 23.5 Å².